The number of nitrogens with zero attached hydrogens (tertiary/aromatic N) is 9. The first-order valence-electron chi connectivity index (χ1n) is 16.1. The first-order valence-corrected chi connectivity index (χ1v) is 17.2. The van der Waals surface area contributed by atoms with Gasteiger partial charge in [-0.3, -0.25) is 4.79 Å². The molecule has 272 valence electrons. The van der Waals surface area contributed by atoms with Crippen LogP contribution in [0.4, 0.5) is 8.78 Å². The molecule has 13 nitrogen and oxygen atoms in total. The van der Waals surface area contributed by atoms with Crippen LogP contribution < -0.4 is 10.5 Å². The van der Waals surface area contributed by atoms with E-state index < -0.39 is 23.1 Å². The summed E-state index contributed by atoms with van der Waals surface area (Å²) in [7, 11) is 0. The fourth-order valence-electron chi connectivity index (χ4n) is 4.68. The zero-order chi connectivity index (χ0) is 37.9. The number of hydrogen-bond acceptors (Lipinski definition) is 9. The lowest BCUT2D eigenvalue weighted by Gasteiger charge is -2.08. The van der Waals surface area contributed by atoms with Gasteiger partial charge in [0.15, 0.2) is 11.6 Å². The molecule has 1 amide bonds. The summed E-state index contributed by atoms with van der Waals surface area (Å²) in [5.41, 5.74) is 11.2. The molecule has 0 saturated carbocycles. The average Bonchev–Trinajstić information content (AvgIpc) is 3.88. The molecule has 16 heteroatoms. The second kappa shape index (κ2) is 17.9. The van der Waals surface area contributed by atoms with Gasteiger partial charge < -0.3 is 15.6 Å². The number of carbonyl (C=O) groups excluding carboxylic acids is 1. The molecule has 0 radical (unpaired) electrons. The molecule has 3 heterocycles. The van der Waals surface area contributed by atoms with Gasteiger partial charge in [-0.1, -0.05) is 70.5 Å². The zero-order valence-corrected chi connectivity index (χ0v) is 30.5. The topological polar surface area (TPSA) is 165 Å². The average molecular weight is 786 g/mol. The van der Waals surface area contributed by atoms with Crippen molar-refractivity contribution in [3.05, 3.63) is 154 Å². The Bertz CT molecular complexity index is 2180. The summed E-state index contributed by atoms with van der Waals surface area (Å²) < 4.78 is 33.0. The third kappa shape index (κ3) is 9.61. The van der Waals surface area contributed by atoms with E-state index in [4.69, 9.17) is 15.6 Å². The molecular weight excluding hydrogens is 750 g/mol. The van der Waals surface area contributed by atoms with Gasteiger partial charge in [0.2, 0.25) is 0 Å². The van der Waals surface area contributed by atoms with Gasteiger partial charge in [-0.05, 0) is 69.3 Å². The van der Waals surface area contributed by atoms with E-state index in [0.29, 0.717) is 17.1 Å². The van der Waals surface area contributed by atoms with E-state index in [1.807, 2.05) is 105 Å². The second-order valence-electron chi connectivity index (χ2n) is 11.3. The summed E-state index contributed by atoms with van der Waals surface area (Å²) in [6, 6.07) is 30.8. The van der Waals surface area contributed by atoms with Crippen molar-refractivity contribution in [1.29, 1.82) is 0 Å². The number of aliphatic hydroxyl groups excluding tert-OH is 1. The lowest BCUT2D eigenvalue weighted by molar-refractivity contribution is 0.0991. The molecule has 0 saturated heterocycles. The number of benzene rings is 4. The fourth-order valence-corrected chi connectivity index (χ4v) is 5.19. The van der Waals surface area contributed by atoms with Crippen molar-refractivity contribution in [2.24, 2.45) is 5.73 Å². The number of alkyl halides is 1. The van der Waals surface area contributed by atoms with Gasteiger partial charge in [0, 0.05) is 5.33 Å². The standard InChI is InChI=1S/C17H14F2N4O2.C10H10BrN3.C10H11N3O/c1-10-13(22-23(21-10)11-5-3-2-4-6-11)9-25-14-8-7-12(18)15(16(14)19)17(20)24;1-8-10(7-11)13-14(12-8)9-5-3-2-4-6-9;1-8-10(7-14)12-13(11-8)9-5-3-2-4-6-9/h2-8H,9H2,1H3,(H2,20,24);2-6H,7H2,1H3;2-6,14H,7H2,1H3. The third-order valence-corrected chi connectivity index (χ3v) is 8.07. The van der Waals surface area contributed by atoms with E-state index in [1.54, 1.807) is 11.7 Å². The highest BCUT2D eigenvalue weighted by Crippen LogP contribution is 2.24. The van der Waals surface area contributed by atoms with Gasteiger partial charge >= 0.3 is 0 Å². The molecular formula is C37H35BrF2N10O3. The van der Waals surface area contributed by atoms with Gasteiger partial charge in [-0.15, -0.1) is 5.10 Å². The molecule has 4 aromatic carbocycles. The predicted molar refractivity (Wildman–Crippen MR) is 196 cm³/mol. The summed E-state index contributed by atoms with van der Waals surface area (Å²) >= 11 is 3.38. The highest BCUT2D eigenvalue weighted by molar-refractivity contribution is 9.08. The van der Waals surface area contributed by atoms with Crippen molar-refractivity contribution in [2.75, 3.05) is 0 Å². The number of hydrogen-bond donors (Lipinski definition) is 2. The van der Waals surface area contributed by atoms with Gasteiger partial charge in [-0.2, -0.15) is 39.9 Å². The normalized spacial score (nSPS) is 10.5. The molecule has 3 aromatic heterocycles. The highest BCUT2D eigenvalue weighted by Gasteiger charge is 2.20. The van der Waals surface area contributed by atoms with Gasteiger partial charge in [0.1, 0.15) is 29.4 Å². The Balaban J connectivity index is 0.000000165. The van der Waals surface area contributed by atoms with Crippen LogP contribution in [0.1, 0.15) is 44.5 Å². The Kier molecular flexibility index (Phi) is 12.9. The Morgan fingerprint density at radius 3 is 1.47 bits per heavy atom. The van der Waals surface area contributed by atoms with Crippen molar-refractivity contribution >= 4 is 21.8 Å². The molecule has 0 aliphatic rings. The van der Waals surface area contributed by atoms with Crippen LogP contribution in [-0.4, -0.2) is 56.0 Å². The highest BCUT2D eigenvalue weighted by atomic mass is 79.9. The molecule has 7 aromatic rings. The van der Waals surface area contributed by atoms with Crippen molar-refractivity contribution in [3.63, 3.8) is 0 Å². The molecule has 0 bridgehead atoms. The Hall–Kier alpha value is -6.13. The number of rotatable bonds is 9. The van der Waals surface area contributed by atoms with E-state index >= 15 is 0 Å². The maximum atomic E-state index is 14.2. The summed E-state index contributed by atoms with van der Waals surface area (Å²) in [6.45, 7) is 5.36. The first-order chi connectivity index (χ1) is 25.6. The van der Waals surface area contributed by atoms with E-state index in [-0.39, 0.29) is 19.0 Å². The number of para-hydroxylation sites is 3. The van der Waals surface area contributed by atoms with E-state index in [2.05, 4.69) is 46.5 Å². The molecule has 0 atom stereocenters. The molecule has 0 aliphatic carbocycles. The van der Waals surface area contributed by atoms with Crippen LogP contribution in [0.15, 0.2) is 103 Å². The van der Waals surface area contributed by atoms with E-state index in [0.717, 1.165) is 51.6 Å². The minimum absolute atomic E-state index is 0.0708. The minimum atomic E-state index is -1.20. The van der Waals surface area contributed by atoms with Crippen molar-refractivity contribution in [1.82, 2.24) is 45.0 Å². The molecule has 53 heavy (non-hydrogen) atoms. The van der Waals surface area contributed by atoms with Crippen molar-refractivity contribution in [3.8, 4) is 22.8 Å². The van der Waals surface area contributed by atoms with Crippen molar-refractivity contribution in [2.45, 2.75) is 39.3 Å². The number of aromatic nitrogens is 9. The number of aryl methyl sites for hydroxylation is 3. The maximum absolute atomic E-state index is 14.2. The van der Waals surface area contributed by atoms with Crippen LogP contribution in [0, 0.1) is 32.4 Å². The summed E-state index contributed by atoms with van der Waals surface area (Å²) in [6.07, 6.45) is 0. The number of halogens is 3. The SMILES string of the molecule is Cc1nn(-c2ccccc2)nc1CBr.Cc1nn(-c2ccccc2)nc1CO.Cc1nn(-c2ccccc2)nc1COc1ccc(F)c(C(N)=O)c1F. The number of amides is 1. The molecule has 7 rings (SSSR count). The Morgan fingerprint density at radius 1 is 0.660 bits per heavy atom. The molecule has 0 fully saturated rings. The number of carbonyl (C=O) groups is 1. The van der Waals surface area contributed by atoms with Gasteiger partial charge in [0.05, 0.1) is 46.4 Å². The molecule has 0 aliphatic heterocycles. The monoisotopic (exact) mass is 784 g/mol. The minimum Gasteiger partial charge on any atom is -0.484 e. The third-order valence-electron chi connectivity index (χ3n) is 7.54. The lowest BCUT2D eigenvalue weighted by Crippen LogP contribution is -2.16. The second-order valence-corrected chi connectivity index (χ2v) is 11.8. The van der Waals surface area contributed by atoms with Crippen LogP contribution in [0.3, 0.4) is 0 Å². The lowest BCUT2D eigenvalue weighted by atomic mass is 10.1. The van der Waals surface area contributed by atoms with E-state index in [1.165, 1.54) is 9.59 Å². The molecule has 0 spiro atoms. The smallest absolute Gasteiger partial charge is 0.254 e. The van der Waals surface area contributed by atoms with Crippen LogP contribution >= 0.6 is 15.9 Å². The molecule has 3 N–H and O–H groups in total. The number of primary amides is 1. The first kappa shape index (κ1) is 38.1. The van der Waals surface area contributed by atoms with Crippen LogP contribution in [0.25, 0.3) is 17.1 Å². The number of ether oxygens (including phenoxy) is 1. The fraction of sp³-hybridized carbons (Fsp3) is 0.162. The largest absolute Gasteiger partial charge is 0.484 e. The summed E-state index contributed by atoms with van der Waals surface area (Å²) in [5, 5.41) is 35.3. The van der Waals surface area contributed by atoms with Crippen LogP contribution in [0.5, 0.6) is 5.75 Å². The number of nitrogens with two attached hydrogens (primary N) is 1. The predicted octanol–water partition coefficient (Wildman–Crippen LogP) is 6.07. The Morgan fingerprint density at radius 2 is 1.08 bits per heavy atom. The van der Waals surface area contributed by atoms with Crippen LogP contribution in [0.2, 0.25) is 0 Å². The van der Waals surface area contributed by atoms with Gasteiger partial charge in [-0.25, -0.2) is 8.78 Å². The van der Waals surface area contributed by atoms with Gasteiger partial charge in [0.25, 0.3) is 5.91 Å². The summed E-state index contributed by atoms with van der Waals surface area (Å²) in [4.78, 5) is 15.8. The van der Waals surface area contributed by atoms with Crippen LogP contribution in [-0.2, 0) is 18.5 Å². The quantitative estimate of drug-likeness (QED) is 0.165. The van der Waals surface area contributed by atoms with Crippen molar-refractivity contribution < 1.29 is 23.4 Å². The summed E-state index contributed by atoms with van der Waals surface area (Å²) in [5.74, 6) is -3.67. The number of aliphatic hydroxyl groups is 1. The zero-order valence-electron chi connectivity index (χ0n) is 28.9. The molecule has 0 unspecified atom stereocenters. The van der Waals surface area contributed by atoms with E-state index in [9.17, 15) is 13.6 Å². The maximum Gasteiger partial charge on any atom is 0.254 e. The Labute approximate surface area is 311 Å².